The molecule has 0 saturated carbocycles. The lowest BCUT2D eigenvalue weighted by molar-refractivity contribution is -0.792. The van der Waals surface area contributed by atoms with Crippen LogP contribution in [0.3, 0.4) is 0 Å². The quantitative estimate of drug-likeness (QED) is 0.572. The van der Waals surface area contributed by atoms with E-state index in [1.165, 1.54) is 24.3 Å². The molecule has 1 aromatic carbocycles. The van der Waals surface area contributed by atoms with Crippen molar-refractivity contribution in [2.75, 3.05) is 6.61 Å². The maximum atomic E-state index is 10.2. The fourth-order valence-electron chi connectivity index (χ4n) is 1.10. The largest absolute Gasteiger partial charge is 0.311 e. The van der Waals surface area contributed by atoms with Crippen LogP contribution in [-0.4, -0.2) is 16.8 Å². The molecule has 0 bridgehead atoms. The summed E-state index contributed by atoms with van der Waals surface area (Å²) in [6, 6.07) is 5.89. The van der Waals surface area contributed by atoms with Crippen molar-refractivity contribution >= 4 is 11.6 Å². The highest BCUT2D eigenvalue weighted by atomic mass is 35.5. The molecule has 0 heterocycles. The summed E-state index contributed by atoms with van der Waals surface area (Å²) < 4.78 is 0. The van der Waals surface area contributed by atoms with Crippen LogP contribution in [0.4, 0.5) is 0 Å². The van der Waals surface area contributed by atoms with Gasteiger partial charge in [-0.1, -0.05) is 23.7 Å². The van der Waals surface area contributed by atoms with Gasteiger partial charge < -0.3 is 9.68 Å². The van der Waals surface area contributed by atoms with Gasteiger partial charge in [0.1, 0.15) is 6.61 Å². The van der Waals surface area contributed by atoms with Gasteiger partial charge in [-0.2, -0.15) is 0 Å². The van der Waals surface area contributed by atoms with E-state index in [0.717, 1.165) is 0 Å². The van der Waals surface area contributed by atoms with E-state index in [-0.39, 0.29) is 0 Å². The Bertz CT molecular complexity index is 409. The zero-order valence-electron chi connectivity index (χ0n) is 8.32. The zero-order chi connectivity index (χ0) is 12.8. The third kappa shape index (κ3) is 4.51. The Morgan fingerprint density at radius 3 is 2.24 bits per heavy atom. The highest BCUT2D eigenvalue weighted by Crippen LogP contribution is 2.20. The van der Waals surface area contributed by atoms with E-state index in [9.17, 15) is 20.2 Å². The van der Waals surface area contributed by atoms with E-state index >= 15 is 0 Å². The van der Waals surface area contributed by atoms with E-state index in [1.807, 2.05) is 0 Å². The molecule has 0 aliphatic carbocycles. The number of rotatable bonds is 6. The standard InChI is InChI=1S/C8H7ClN2O6/c9-7-3-1-6(2-4-7)8(17-11(14)15)5-16-10(12)13/h1-4,8H,5H2. The average Bonchev–Trinajstić information content (AvgIpc) is 2.25. The molecule has 17 heavy (non-hydrogen) atoms. The third-order valence-electron chi connectivity index (χ3n) is 1.79. The van der Waals surface area contributed by atoms with E-state index in [4.69, 9.17) is 11.6 Å². The van der Waals surface area contributed by atoms with E-state index < -0.39 is 22.9 Å². The number of hydrogen-bond donors (Lipinski definition) is 0. The van der Waals surface area contributed by atoms with Crippen LogP contribution in [0.2, 0.25) is 5.02 Å². The van der Waals surface area contributed by atoms with Gasteiger partial charge in [-0.3, -0.25) is 0 Å². The Balaban J connectivity index is 2.77. The summed E-state index contributed by atoms with van der Waals surface area (Å²) in [6.45, 7) is -0.574. The second-order valence-electron chi connectivity index (χ2n) is 2.89. The molecule has 0 amide bonds. The maximum Gasteiger partial charge on any atom is 0.295 e. The monoisotopic (exact) mass is 262 g/mol. The lowest BCUT2D eigenvalue weighted by Gasteiger charge is -2.13. The normalized spacial score (nSPS) is 11.6. The van der Waals surface area contributed by atoms with Crippen LogP contribution in [0.25, 0.3) is 0 Å². The minimum Gasteiger partial charge on any atom is -0.311 e. The lowest BCUT2D eigenvalue weighted by atomic mass is 10.1. The molecule has 0 aromatic heterocycles. The molecule has 0 aliphatic heterocycles. The predicted molar refractivity (Wildman–Crippen MR) is 55.2 cm³/mol. The number of hydrogen-bond acceptors (Lipinski definition) is 6. The molecule has 0 aliphatic rings. The molecular formula is C8H7ClN2O6. The van der Waals surface area contributed by atoms with Crippen LogP contribution in [0.1, 0.15) is 11.7 Å². The SMILES string of the molecule is O=[N+]([O-])OCC(O[N+](=O)[O-])c1ccc(Cl)cc1. The Morgan fingerprint density at radius 2 is 1.76 bits per heavy atom. The highest BCUT2D eigenvalue weighted by Gasteiger charge is 2.17. The minimum atomic E-state index is -1.17. The van der Waals surface area contributed by atoms with E-state index in [1.54, 1.807) is 0 Å². The first kappa shape index (κ1) is 13.0. The number of halogens is 1. The Hall–Kier alpha value is -2.09. The highest BCUT2D eigenvalue weighted by molar-refractivity contribution is 6.30. The summed E-state index contributed by atoms with van der Waals surface area (Å²) in [6.07, 6.45) is -1.17. The smallest absolute Gasteiger partial charge is 0.295 e. The van der Waals surface area contributed by atoms with E-state index in [0.29, 0.717) is 10.6 Å². The van der Waals surface area contributed by atoms with Gasteiger partial charge in [0, 0.05) is 5.02 Å². The predicted octanol–water partition coefficient (Wildman–Crippen LogP) is 1.80. The molecule has 0 fully saturated rings. The topological polar surface area (TPSA) is 105 Å². The van der Waals surface area contributed by atoms with Crippen LogP contribution < -0.4 is 0 Å². The van der Waals surface area contributed by atoms with Crippen LogP contribution in [0.15, 0.2) is 24.3 Å². The van der Waals surface area contributed by atoms with Crippen molar-refractivity contribution in [3.8, 4) is 0 Å². The van der Waals surface area contributed by atoms with Gasteiger partial charge in [-0.25, -0.2) is 0 Å². The lowest BCUT2D eigenvalue weighted by Crippen LogP contribution is -2.17. The zero-order valence-corrected chi connectivity index (χ0v) is 9.07. The van der Waals surface area contributed by atoms with Gasteiger partial charge in [0.15, 0.2) is 6.10 Å². The molecular weight excluding hydrogens is 256 g/mol. The van der Waals surface area contributed by atoms with Crippen molar-refractivity contribution < 1.29 is 19.8 Å². The van der Waals surface area contributed by atoms with Gasteiger partial charge in [0.2, 0.25) is 0 Å². The second kappa shape index (κ2) is 5.85. The molecule has 0 saturated heterocycles. The molecule has 8 nitrogen and oxygen atoms in total. The van der Waals surface area contributed by atoms with E-state index in [2.05, 4.69) is 9.68 Å². The summed E-state index contributed by atoms with van der Waals surface area (Å²) in [5, 5.41) is 18.6. The molecule has 92 valence electrons. The second-order valence-corrected chi connectivity index (χ2v) is 3.33. The molecule has 1 unspecified atom stereocenters. The summed E-state index contributed by atoms with van der Waals surface area (Å²) >= 11 is 5.64. The summed E-state index contributed by atoms with van der Waals surface area (Å²) in [5.41, 5.74) is 0.355. The van der Waals surface area contributed by atoms with Gasteiger partial charge in [0.25, 0.3) is 10.2 Å². The fraction of sp³-hybridized carbons (Fsp3) is 0.250. The fourth-order valence-corrected chi connectivity index (χ4v) is 1.22. The number of nitrogens with zero attached hydrogens (tertiary/aromatic N) is 2. The Morgan fingerprint density at radius 1 is 1.18 bits per heavy atom. The first-order valence-electron chi connectivity index (χ1n) is 4.33. The van der Waals surface area contributed by atoms with Crippen molar-refractivity contribution in [3.63, 3.8) is 0 Å². The Labute approximate surface area is 99.9 Å². The van der Waals surface area contributed by atoms with Crippen molar-refractivity contribution in [1.82, 2.24) is 0 Å². The molecule has 0 N–H and O–H groups in total. The third-order valence-corrected chi connectivity index (χ3v) is 2.04. The van der Waals surface area contributed by atoms with Crippen molar-refractivity contribution in [2.45, 2.75) is 6.10 Å². The van der Waals surface area contributed by atoms with Crippen molar-refractivity contribution in [1.29, 1.82) is 0 Å². The maximum absolute atomic E-state index is 10.2. The number of benzene rings is 1. The molecule has 9 heteroatoms. The first-order valence-corrected chi connectivity index (χ1v) is 4.71. The van der Waals surface area contributed by atoms with Gasteiger partial charge in [-0.05, 0) is 17.7 Å². The minimum absolute atomic E-state index is 0.355. The van der Waals surface area contributed by atoms with Gasteiger partial charge in [0.05, 0.1) is 0 Å². The van der Waals surface area contributed by atoms with Gasteiger partial charge >= 0.3 is 0 Å². The molecule has 1 atom stereocenters. The average molecular weight is 263 g/mol. The van der Waals surface area contributed by atoms with Crippen molar-refractivity contribution in [2.24, 2.45) is 0 Å². The van der Waals surface area contributed by atoms with Crippen LogP contribution in [0.5, 0.6) is 0 Å². The van der Waals surface area contributed by atoms with Crippen molar-refractivity contribution in [3.05, 3.63) is 55.1 Å². The first-order chi connectivity index (χ1) is 7.99. The van der Waals surface area contributed by atoms with Crippen LogP contribution in [0, 0.1) is 20.2 Å². The van der Waals surface area contributed by atoms with Crippen LogP contribution >= 0.6 is 11.6 Å². The van der Waals surface area contributed by atoms with Crippen LogP contribution in [-0.2, 0) is 9.68 Å². The summed E-state index contributed by atoms with van der Waals surface area (Å²) in [7, 11) is 0. The Kier molecular flexibility index (Phi) is 4.46. The summed E-state index contributed by atoms with van der Waals surface area (Å²) in [5.74, 6) is 0. The molecule has 0 spiro atoms. The van der Waals surface area contributed by atoms with Gasteiger partial charge in [-0.15, -0.1) is 20.2 Å². The molecule has 0 radical (unpaired) electrons. The summed E-state index contributed by atoms with van der Waals surface area (Å²) in [4.78, 5) is 28.6. The molecule has 1 rings (SSSR count). The molecule has 1 aromatic rings.